The van der Waals surface area contributed by atoms with Gasteiger partial charge in [0.1, 0.15) is 5.75 Å². The Balaban J connectivity index is 2.30. The Labute approximate surface area is 125 Å². The van der Waals surface area contributed by atoms with Crippen molar-refractivity contribution in [3.8, 4) is 5.75 Å². The summed E-state index contributed by atoms with van der Waals surface area (Å²) in [7, 11) is 0. The lowest BCUT2D eigenvalue weighted by Crippen LogP contribution is -2.13. The summed E-state index contributed by atoms with van der Waals surface area (Å²) in [6, 6.07) is 8.43. The van der Waals surface area contributed by atoms with E-state index in [0.717, 1.165) is 15.6 Å². The lowest BCUT2D eigenvalue weighted by Gasteiger charge is -2.11. The summed E-state index contributed by atoms with van der Waals surface area (Å²) in [6.07, 6.45) is 0. The van der Waals surface area contributed by atoms with Gasteiger partial charge in [0, 0.05) is 10.2 Å². The minimum absolute atomic E-state index is 0.0429. The van der Waals surface area contributed by atoms with Crippen molar-refractivity contribution in [3.05, 3.63) is 51.5 Å². The Morgan fingerprint density at radius 3 is 2.60 bits per heavy atom. The number of aryl methyl sites for hydroxylation is 2. The maximum absolute atomic E-state index is 12.2. The molecule has 0 fully saturated rings. The van der Waals surface area contributed by atoms with Gasteiger partial charge in [-0.25, -0.2) is 0 Å². The first kappa shape index (κ1) is 14.4. The lowest BCUT2D eigenvalue weighted by atomic mass is 10.1. The quantitative estimate of drug-likeness (QED) is 0.734. The molecule has 104 valence electrons. The summed E-state index contributed by atoms with van der Waals surface area (Å²) in [4.78, 5) is 12.2. The van der Waals surface area contributed by atoms with Crippen LogP contribution in [0.2, 0.25) is 0 Å². The van der Waals surface area contributed by atoms with Crippen LogP contribution in [0.5, 0.6) is 5.75 Å². The third-order valence-electron chi connectivity index (χ3n) is 3.00. The van der Waals surface area contributed by atoms with Crippen LogP contribution < -0.4 is 11.1 Å². The highest BCUT2D eigenvalue weighted by Gasteiger charge is 2.13. The molecule has 2 aromatic rings. The summed E-state index contributed by atoms with van der Waals surface area (Å²) in [5, 5.41) is 12.5. The molecule has 0 atom stereocenters. The minimum atomic E-state index is -0.383. The molecule has 0 aliphatic rings. The van der Waals surface area contributed by atoms with E-state index in [1.807, 2.05) is 19.9 Å². The van der Waals surface area contributed by atoms with Gasteiger partial charge in [-0.15, -0.1) is 0 Å². The van der Waals surface area contributed by atoms with Gasteiger partial charge in [-0.2, -0.15) is 0 Å². The number of amides is 1. The van der Waals surface area contributed by atoms with Gasteiger partial charge in [0.15, 0.2) is 0 Å². The maximum atomic E-state index is 12.2. The van der Waals surface area contributed by atoms with Crippen molar-refractivity contribution in [1.82, 2.24) is 0 Å². The van der Waals surface area contributed by atoms with E-state index >= 15 is 0 Å². The number of anilines is 2. The van der Waals surface area contributed by atoms with E-state index in [-0.39, 0.29) is 17.2 Å². The van der Waals surface area contributed by atoms with E-state index in [4.69, 9.17) is 5.73 Å². The second-order valence-electron chi connectivity index (χ2n) is 4.66. The van der Waals surface area contributed by atoms with Gasteiger partial charge in [-0.05, 0) is 65.2 Å². The first-order valence-electron chi connectivity index (χ1n) is 6.05. The number of halogens is 1. The molecule has 0 unspecified atom stereocenters. The summed E-state index contributed by atoms with van der Waals surface area (Å²) < 4.78 is 0.740. The van der Waals surface area contributed by atoms with Crippen LogP contribution in [0.15, 0.2) is 34.8 Å². The minimum Gasteiger partial charge on any atom is -0.507 e. The SMILES string of the molecule is Cc1ccc(C(=O)Nc2cc(N)c(C)cc2Br)c(O)c1. The van der Waals surface area contributed by atoms with Crippen molar-refractivity contribution in [2.45, 2.75) is 13.8 Å². The van der Waals surface area contributed by atoms with Crippen molar-refractivity contribution in [2.24, 2.45) is 0 Å². The van der Waals surface area contributed by atoms with Crippen molar-refractivity contribution in [2.75, 3.05) is 11.1 Å². The number of nitrogens with one attached hydrogen (secondary N) is 1. The van der Waals surface area contributed by atoms with Crippen molar-refractivity contribution in [1.29, 1.82) is 0 Å². The molecule has 0 aliphatic carbocycles. The van der Waals surface area contributed by atoms with Crippen molar-refractivity contribution < 1.29 is 9.90 Å². The number of carbonyl (C=O) groups excluding carboxylic acids is 1. The van der Waals surface area contributed by atoms with Crippen LogP contribution in [-0.2, 0) is 0 Å². The lowest BCUT2D eigenvalue weighted by molar-refractivity contribution is 0.102. The average Bonchev–Trinajstić information content (AvgIpc) is 2.35. The molecule has 4 N–H and O–H groups in total. The summed E-state index contributed by atoms with van der Waals surface area (Å²) >= 11 is 3.38. The molecule has 0 aromatic heterocycles. The van der Waals surface area contributed by atoms with Crippen LogP contribution in [0.4, 0.5) is 11.4 Å². The summed E-state index contributed by atoms with van der Waals surface area (Å²) in [5.74, 6) is -0.426. The van der Waals surface area contributed by atoms with Gasteiger partial charge in [-0.3, -0.25) is 4.79 Å². The number of hydrogen-bond acceptors (Lipinski definition) is 3. The Morgan fingerprint density at radius 2 is 1.95 bits per heavy atom. The Morgan fingerprint density at radius 1 is 1.25 bits per heavy atom. The largest absolute Gasteiger partial charge is 0.507 e. The fourth-order valence-electron chi connectivity index (χ4n) is 1.81. The third-order valence-corrected chi connectivity index (χ3v) is 3.66. The predicted molar refractivity (Wildman–Crippen MR) is 84.1 cm³/mol. The smallest absolute Gasteiger partial charge is 0.259 e. The zero-order valence-electron chi connectivity index (χ0n) is 11.2. The first-order valence-corrected chi connectivity index (χ1v) is 6.84. The van der Waals surface area contributed by atoms with Gasteiger partial charge < -0.3 is 16.2 Å². The zero-order chi connectivity index (χ0) is 14.9. The average molecular weight is 335 g/mol. The van der Waals surface area contributed by atoms with Crippen LogP contribution >= 0.6 is 15.9 Å². The van der Waals surface area contributed by atoms with E-state index in [9.17, 15) is 9.90 Å². The Kier molecular flexibility index (Phi) is 3.99. The number of hydrogen-bond donors (Lipinski definition) is 3. The number of aromatic hydroxyl groups is 1. The zero-order valence-corrected chi connectivity index (χ0v) is 12.8. The molecule has 4 nitrogen and oxygen atoms in total. The van der Waals surface area contributed by atoms with E-state index in [1.54, 1.807) is 24.3 Å². The molecule has 0 radical (unpaired) electrons. The number of carbonyl (C=O) groups is 1. The first-order chi connectivity index (χ1) is 9.38. The molecular formula is C15H15BrN2O2. The van der Waals surface area contributed by atoms with E-state index in [1.165, 1.54) is 0 Å². The molecule has 5 heteroatoms. The maximum Gasteiger partial charge on any atom is 0.259 e. The standard InChI is InChI=1S/C15H15BrN2O2/c1-8-3-4-10(14(19)5-8)15(20)18-13-7-12(17)9(2)6-11(13)16/h3-7,19H,17H2,1-2H3,(H,18,20). The van der Waals surface area contributed by atoms with Gasteiger partial charge in [0.05, 0.1) is 11.3 Å². The molecule has 0 saturated heterocycles. The molecule has 2 aromatic carbocycles. The van der Waals surface area contributed by atoms with Gasteiger partial charge in [-0.1, -0.05) is 6.07 Å². The van der Waals surface area contributed by atoms with E-state index in [0.29, 0.717) is 11.4 Å². The fourth-order valence-corrected chi connectivity index (χ4v) is 2.37. The summed E-state index contributed by atoms with van der Waals surface area (Å²) in [6.45, 7) is 3.73. The highest BCUT2D eigenvalue weighted by atomic mass is 79.9. The number of nitrogen functional groups attached to an aromatic ring is 1. The van der Waals surface area contributed by atoms with Crippen LogP contribution in [-0.4, -0.2) is 11.0 Å². The Hall–Kier alpha value is -2.01. The van der Waals surface area contributed by atoms with Crippen LogP contribution in [0.25, 0.3) is 0 Å². The number of phenols is 1. The fraction of sp³-hybridized carbons (Fsp3) is 0.133. The van der Waals surface area contributed by atoms with Gasteiger partial charge in [0.2, 0.25) is 0 Å². The van der Waals surface area contributed by atoms with Crippen LogP contribution in [0.3, 0.4) is 0 Å². The third kappa shape index (κ3) is 2.93. The topological polar surface area (TPSA) is 75.4 Å². The number of phenolic OH excluding ortho intramolecular Hbond substituents is 1. The molecule has 0 saturated carbocycles. The molecule has 0 spiro atoms. The van der Waals surface area contributed by atoms with Crippen LogP contribution in [0.1, 0.15) is 21.5 Å². The normalized spacial score (nSPS) is 10.3. The Bertz CT molecular complexity index is 684. The second-order valence-corrected chi connectivity index (χ2v) is 5.52. The van der Waals surface area contributed by atoms with Crippen molar-refractivity contribution in [3.63, 3.8) is 0 Å². The number of benzene rings is 2. The summed E-state index contributed by atoms with van der Waals surface area (Å²) in [5.41, 5.74) is 9.03. The van der Waals surface area contributed by atoms with Crippen LogP contribution in [0, 0.1) is 13.8 Å². The number of nitrogens with two attached hydrogens (primary N) is 1. The molecule has 2 rings (SSSR count). The van der Waals surface area contributed by atoms with E-state index in [2.05, 4.69) is 21.2 Å². The molecule has 0 bridgehead atoms. The molecule has 0 heterocycles. The molecule has 20 heavy (non-hydrogen) atoms. The predicted octanol–water partition coefficient (Wildman–Crippen LogP) is 3.61. The van der Waals surface area contributed by atoms with Gasteiger partial charge >= 0.3 is 0 Å². The number of rotatable bonds is 2. The molecular weight excluding hydrogens is 320 g/mol. The van der Waals surface area contributed by atoms with Gasteiger partial charge in [0.25, 0.3) is 5.91 Å². The van der Waals surface area contributed by atoms with Crippen molar-refractivity contribution >= 4 is 33.2 Å². The van der Waals surface area contributed by atoms with E-state index < -0.39 is 0 Å². The molecule has 0 aliphatic heterocycles. The highest BCUT2D eigenvalue weighted by molar-refractivity contribution is 9.10. The highest BCUT2D eigenvalue weighted by Crippen LogP contribution is 2.29. The molecule has 1 amide bonds. The second kappa shape index (κ2) is 5.54. The monoisotopic (exact) mass is 334 g/mol.